The number of rotatable bonds is 3. The molecule has 2 aromatic rings. The predicted molar refractivity (Wildman–Crippen MR) is 84.7 cm³/mol. The Bertz CT molecular complexity index is 630. The highest BCUT2D eigenvalue weighted by molar-refractivity contribution is 5.64. The Morgan fingerprint density at radius 1 is 1.00 bits per heavy atom. The number of hydrogen-bond donors (Lipinski definition) is 2. The minimum Gasteiger partial charge on any atom is -0.373 e. The van der Waals surface area contributed by atoms with Crippen molar-refractivity contribution in [2.24, 2.45) is 0 Å². The lowest BCUT2D eigenvalue weighted by Gasteiger charge is -2.20. The molecule has 0 saturated carbocycles. The maximum absolute atomic E-state index is 13.0. The van der Waals surface area contributed by atoms with E-state index in [-0.39, 0.29) is 11.2 Å². The van der Waals surface area contributed by atoms with Gasteiger partial charge in [-0.05, 0) is 31.2 Å². The molecule has 112 valence electrons. The van der Waals surface area contributed by atoms with Crippen LogP contribution in [-0.4, -0.2) is 17.0 Å². The second-order valence-corrected chi connectivity index (χ2v) is 6.00. The van der Waals surface area contributed by atoms with Gasteiger partial charge in [-0.1, -0.05) is 20.8 Å². The topological polar surface area (TPSA) is 49.8 Å². The van der Waals surface area contributed by atoms with Gasteiger partial charge in [0.15, 0.2) is 0 Å². The zero-order chi connectivity index (χ0) is 15.6. The summed E-state index contributed by atoms with van der Waals surface area (Å²) in [5, 5.41) is 6.32. The molecule has 2 N–H and O–H groups in total. The molecular weight excluding hydrogens is 267 g/mol. The van der Waals surface area contributed by atoms with E-state index in [9.17, 15) is 4.39 Å². The molecular formula is C16H21FN4. The van der Waals surface area contributed by atoms with Crippen LogP contribution in [0.2, 0.25) is 0 Å². The lowest BCUT2D eigenvalue weighted by molar-refractivity contribution is 0.546. The Morgan fingerprint density at radius 3 is 2.10 bits per heavy atom. The van der Waals surface area contributed by atoms with Crippen LogP contribution in [0.5, 0.6) is 0 Å². The summed E-state index contributed by atoms with van der Waals surface area (Å²) in [6, 6.07) is 6.21. The molecule has 0 aliphatic heterocycles. The lowest BCUT2D eigenvalue weighted by atomic mass is 9.95. The zero-order valence-electron chi connectivity index (χ0n) is 13.1. The molecule has 0 aliphatic rings. The fourth-order valence-corrected chi connectivity index (χ4v) is 1.89. The average Bonchev–Trinajstić information content (AvgIpc) is 2.42. The van der Waals surface area contributed by atoms with Crippen LogP contribution >= 0.6 is 0 Å². The summed E-state index contributed by atoms with van der Waals surface area (Å²) in [6.07, 6.45) is 0. The molecule has 0 spiro atoms. The van der Waals surface area contributed by atoms with E-state index < -0.39 is 0 Å². The van der Waals surface area contributed by atoms with E-state index in [2.05, 4.69) is 41.4 Å². The maximum atomic E-state index is 13.0. The van der Waals surface area contributed by atoms with Gasteiger partial charge in [0.1, 0.15) is 23.3 Å². The highest BCUT2D eigenvalue weighted by Gasteiger charge is 2.21. The van der Waals surface area contributed by atoms with Crippen LogP contribution in [-0.2, 0) is 5.41 Å². The minimum atomic E-state index is -0.258. The molecule has 1 aromatic heterocycles. The van der Waals surface area contributed by atoms with Crippen molar-refractivity contribution in [3.05, 3.63) is 41.5 Å². The van der Waals surface area contributed by atoms with E-state index >= 15 is 0 Å². The number of benzene rings is 1. The molecule has 0 atom stereocenters. The first-order valence-corrected chi connectivity index (χ1v) is 6.90. The van der Waals surface area contributed by atoms with E-state index in [1.807, 2.05) is 14.0 Å². The van der Waals surface area contributed by atoms with E-state index in [4.69, 9.17) is 0 Å². The van der Waals surface area contributed by atoms with Gasteiger partial charge in [-0.25, -0.2) is 14.4 Å². The molecule has 2 rings (SSSR count). The van der Waals surface area contributed by atoms with Crippen LogP contribution in [0.4, 0.5) is 21.7 Å². The summed E-state index contributed by atoms with van der Waals surface area (Å²) in [6.45, 7) is 8.15. The lowest BCUT2D eigenvalue weighted by Crippen LogP contribution is -2.18. The van der Waals surface area contributed by atoms with Crippen molar-refractivity contribution in [2.45, 2.75) is 33.1 Å². The number of nitrogens with one attached hydrogen (secondary N) is 2. The van der Waals surface area contributed by atoms with Crippen LogP contribution in [0, 0.1) is 12.7 Å². The van der Waals surface area contributed by atoms with Crippen molar-refractivity contribution in [3.8, 4) is 0 Å². The third-order valence-corrected chi connectivity index (χ3v) is 3.16. The molecule has 21 heavy (non-hydrogen) atoms. The first kappa shape index (κ1) is 15.2. The third kappa shape index (κ3) is 3.48. The molecule has 1 aromatic carbocycles. The molecule has 0 aliphatic carbocycles. The molecule has 0 saturated heterocycles. The van der Waals surface area contributed by atoms with Gasteiger partial charge < -0.3 is 10.6 Å². The minimum absolute atomic E-state index is 0.154. The van der Waals surface area contributed by atoms with Gasteiger partial charge >= 0.3 is 0 Å². The standard InChI is InChI=1S/C16H21FN4/c1-10-13(18-5)20-15(16(2,3)4)21-14(10)19-12-8-6-11(17)7-9-12/h6-9H,1-5H3,(H2,18,19,20,21). The first-order valence-electron chi connectivity index (χ1n) is 6.90. The zero-order valence-corrected chi connectivity index (χ0v) is 13.1. The molecule has 5 heteroatoms. The largest absolute Gasteiger partial charge is 0.373 e. The van der Waals surface area contributed by atoms with Crippen LogP contribution in [0.25, 0.3) is 0 Å². The van der Waals surface area contributed by atoms with Gasteiger partial charge in [-0.2, -0.15) is 0 Å². The number of hydrogen-bond acceptors (Lipinski definition) is 4. The highest BCUT2D eigenvalue weighted by Crippen LogP contribution is 2.28. The Kier molecular flexibility index (Phi) is 4.11. The van der Waals surface area contributed by atoms with Crippen molar-refractivity contribution in [3.63, 3.8) is 0 Å². The summed E-state index contributed by atoms with van der Waals surface area (Å²) in [7, 11) is 1.84. The fourth-order valence-electron chi connectivity index (χ4n) is 1.89. The van der Waals surface area contributed by atoms with Crippen molar-refractivity contribution < 1.29 is 4.39 Å². The van der Waals surface area contributed by atoms with Gasteiger partial charge in [0.05, 0.1) is 0 Å². The van der Waals surface area contributed by atoms with Gasteiger partial charge in [-0.15, -0.1) is 0 Å². The van der Waals surface area contributed by atoms with Gasteiger partial charge in [0, 0.05) is 23.7 Å². The molecule has 0 fully saturated rings. The van der Waals surface area contributed by atoms with Crippen molar-refractivity contribution in [1.82, 2.24) is 9.97 Å². The molecule has 0 radical (unpaired) electrons. The fraction of sp³-hybridized carbons (Fsp3) is 0.375. The third-order valence-electron chi connectivity index (χ3n) is 3.16. The first-order chi connectivity index (χ1) is 9.81. The normalized spacial score (nSPS) is 11.3. The van der Waals surface area contributed by atoms with Gasteiger partial charge in [0.2, 0.25) is 0 Å². The Hall–Kier alpha value is -2.17. The number of aromatic nitrogens is 2. The molecule has 0 unspecified atom stereocenters. The molecule has 1 heterocycles. The molecule has 4 nitrogen and oxygen atoms in total. The van der Waals surface area contributed by atoms with Gasteiger partial charge in [0.25, 0.3) is 0 Å². The van der Waals surface area contributed by atoms with Crippen LogP contribution in [0.1, 0.15) is 32.2 Å². The summed E-state index contributed by atoms with van der Waals surface area (Å²) in [5.74, 6) is 2.01. The smallest absolute Gasteiger partial charge is 0.139 e. The van der Waals surface area contributed by atoms with E-state index in [0.29, 0.717) is 0 Å². The summed E-state index contributed by atoms with van der Waals surface area (Å²) < 4.78 is 13.0. The second kappa shape index (κ2) is 5.68. The Balaban J connectivity index is 2.44. The number of halogens is 1. The Labute approximate surface area is 124 Å². The average molecular weight is 288 g/mol. The summed E-state index contributed by atoms with van der Waals surface area (Å²) in [4.78, 5) is 9.17. The monoisotopic (exact) mass is 288 g/mol. The number of nitrogens with zero attached hydrogens (tertiary/aromatic N) is 2. The van der Waals surface area contributed by atoms with Crippen LogP contribution < -0.4 is 10.6 Å². The second-order valence-electron chi connectivity index (χ2n) is 6.00. The van der Waals surface area contributed by atoms with Crippen LogP contribution in [0.3, 0.4) is 0 Å². The maximum Gasteiger partial charge on any atom is 0.139 e. The van der Waals surface area contributed by atoms with E-state index in [0.717, 1.165) is 28.7 Å². The quantitative estimate of drug-likeness (QED) is 0.896. The van der Waals surface area contributed by atoms with Gasteiger partial charge in [-0.3, -0.25) is 0 Å². The van der Waals surface area contributed by atoms with Crippen molar-refractivity contribution in [1.29, 1.82) is 0 Å². The SMILES string of the molecule is CNc1nc(C(C)(C)C)nc(Nc2ccc(F)cc2)c1C. The predicted octanol–water partition coefficient (Wildman–Crippen LogP) is 4.01. The molecule has 0 bridgehead atoms. The summed E-state index contributed by atoms with van der Waals surface area (Å²) in [5.41, 5.74) is 1.56. The molecule has 0 amide bonds. The van der Waals surface area contributed by atoms with Crippen LogP contribution in [0.15, 0.2) is 24.3 Å². The summed E-state index contributed by atoms with van der Waals surface area (Å²) >= 11 is 0. The Morgan fingerprint density at radius 2 is 1.57 bits per heavy atom. The highest BCUT2D eigenvalue weighted by atomic mass is 19.1. The van der Waals surface area contributed by atoms with E-state index in [1.54, 1.807) is 12.1 Å². The van der Waals surface area contributed by atoms with Crippen molar-refractivity contribution >= 4 is 17.3 Å². The number of anilines is 3. The van der Waals surface area contributed by atoms with Crippen molar-refractivity contribution in [2.75, 3.05) is 17.7 Å². The van der Waals surface area contributed by atoms with E-state index in [1.165, 1.54) is 12.1 Å².